The maximum Gasteiger partial charge on any atom is 0.351 e. The summed E-state index contributed by atoms with van der Waals surface area (Å²) < 4.78 is 28.9. The van der Waals surface area contributed by atoms with Crippen LogP contribution in [0.4, 0.5) is 0 Å². The molecule has 10 nitrogen and oxygen atoms in total. The number of halogens is 2. The molecule has 3 saturated heterocycles. The van der Waals surface area contributed by atoms with Gasteiger partial charge in [0, 0.05) is 42.5 Å². The number of fused-ring (bicyclic) bond motifs is 3. The summed E-state index contributed by atoms with van der Waals surface area (Å²) in [6, 6.07) is 18.2. The average Bonchev–Trinajstić information content (AvgIpc) is 3.61. The molecule has 1 N–H and O–H groups in total. The molecule has 1 unspecified atom stereocenters. The Kier molecular flexibility index (Phi) is 11.6. The fourth-order valence-corrected chi connectivity index (χ4v) is 7.47. The molecule has 2 aromatic heterocycles. The number of hydrogen-bond donors (Lipinski definition) is 1. The van der Waals surface area contributed by atoms with Crippen molar-refractivity contribution in [3.05, 3.63) is 104 Å². The first-order valence-corrected chi connectivity index (χ1v) is 17.6. The van der Waals surface area contributed by atoms with Gasteiger partial charge in [-0.15, -0.1) is 11.3 Å². The quantitative estimate of drug-likeness (QED) is 0.109. The number of hydrogen-bond acceptors (Lipinski definition) is 11. The van der Waals surface area contributed by atoms with Crippen molar-refractivity contribution in [2.75, 3.05) is 40.4 Å². The Morgan fingerprint density at radius 2 is 1.69 bits per heavy atom. The molecule has 0 saturated carbocycles. The van der Waals surface area contributed by atoms with Crippen LogP contribution in [0, 0.1) is 5.92 Å². The number of piperidine rings is 3. The molecule has 3 atom stereocenters. The summed E-state index contributed by atoms with van der Waals surface area (Å²) in [6.07, 6.45) is 3.61. The molecule has 7 rings (SSSR count). The first kappa shape index (κ1) is 35.0. The van der Waals surface area contributed by atoms with Gasteiger partial charge in [-0.1, -0.05) is 53.5 Å². The van der Waals surface area contributed by atoms with Crippen LogP contribution >= 0.6 is 34.5 Å². The molecule has 2 bridgehead atoms. The third-order valence-corrected chi connectivity index (χ3v) is 10.4. The number of ether oxygens (including phenoxy) is 5. The highest BCUT2D eigenvalue weighted by Crippen LogP contribution is 2.38. The number of pyridine rings is 1. The van der Waals surface area contributed by atoms with Crippen LogP contribution in [0.25, 0.3) is 0 Å². The second-order valence-electron chi connectivity index (χ2n) is 11.9. The third-order valence-electron chi connectivity index (χ3n) is 8.79. The van der Waals surface area contributed by atoms with Crippen molar-refractivity contribution in [3.8, 4) is 17.2 Å². The van der Waals surface area contributed by atoms with Crippen LogP contribution < -0.4 is 19.5 Å². The number of rotatable bonds is 14. The smallest absolute Gasteiger partial charge is 0.351 e. The van der Waals surface area contributed by atoms with E-state index in [1.165, 1.54) is 38.0 Å². The molecule has 4 aromatic rings. The fourth-order valence-electron chi connectivity index (χ4n) is 6.15. The molecular weight excluding hydrogens is 689 g/mol. The summed E-state index contributed by atoms with van der Waals surface area (Å²) in [4.78, 5) is 34.6. The second kappa shape index (κ2) is 16.2. The van der Waals surface area contributed by atoms with Crippen molar-refractivity contribution < 1.29 is 33.3 Å². The zero-order valence-electron chi connectivity index (χ0n) is 27.1. The lowest BCUT2D eigenvalue weighted by Gasteiger charge is -2.44. The molecule has 258 valence electrons. The SMILES string of the molecule is COc1ccc([C@@H](OC(=O)c2ccc(CNCC(C(=O)O[C@H]3CN4CCC3CC4)c3ccccc3)s2)Oc2c(Cl)cncc2Cl)cc1OC. The van der Waals surface area contributed by atoms with E-state index < -0.39 is 18.2 Å². The molecule has 0 spiro atoms. The molecule has 0 amide bonds. The van der Waals surface area contributed by atoms with Crippen molar-refractivity contribution in [1.29, 1.82) is 0 Å². The fraction of sp³-hybridized carbons (Fsp3) is 0.361. The lowest BCUT2D eigenvalue weighted by molar-refractivity contribution is -0.160. The molecule has 3 aliphatic rings. The summed E-state index contributed by atoms with van der Waals surface area (Å²) in [5.41, 5.74) is 1.36. The predicted octanol–water partition coefficient (Wildman–Crippen LogP) is 6.91. The van der Waals surface area contributed by atoms with Gasteiger partial charge in [-0.2, -0.15) is 0 Å². The van der Waals surface area contributed by atoms with E-state index in [2.05, 4.69) is 15.2 Å². The van der Waals surface area contributed by atoms with Crippen LogP contribution in [0.2, 0.25) is 10.0 Å². The standard InChI is InChI=1S/C36H37Cl2N3O7S/c1-44-29-10-8-24(16-30(29)45-2)36(47-33-27(37)19-40-20-28(33)38)48-35(43)32-11-9-25(49-32)17-39-18-26(22-6-4-3-5-7-22)34(42)46-31-21-41-14-12-23(31)13-15-41/h3-11,16,19-20,23,26,31,36,39H,12-15,17-18,21H2,1-2H3/t26?,31-,36+/m0/s1. The Morgan fingerprint density at radius 3 is 2.37 bits per heavy atom. The van der Waals surface area contributed by atoms with Crippen molar-refractivity contribution in [3.63, 3.8) is 0 Å². The largest absolute Gasteiger partial charge is 0.493 e. The Morgan fingerprint density at radius 1 is 0.959 bits per heavy atom. The molecular formula is C36H37Cl2N3O7S. The van der Waals surface area contributed by atoms with Crippen LogP contribution in [0.15, 0.2) is 73.1 Å². The van der Waals surface area contributed by atoms with Gasteiger partial charge in [0.05, 0.1) is 20.1 Å². The monoisotopic (exact) mass is 725 g/mol. The number of nitrogens with zero attached hydrogens (tertiary/aromatic N) is 2. The van der Waals surface area contributed by atoms with Gasteiger partial charge >= 0.3 is 11.9 Å². The van der Waals surface area contributed by atoms with Crippen molar-refractivity contribution in [2.45, 2.75) is 37.7 Å². The van der Waals surface area contributed by atoms with Gasteiger partial charge in [0.15, 0.2) is 17.2 Å². The zero-order chi connectivity index (χ0) is 34.3. The van der Waals surface area contributed by atoms with E-state index in [0.717, 1.165) is 42.9 Å². The molecule has 2 aromatic carbocycles. The summed E-state index contributed by atoms with van der Waals surface area (Å²) >= 11 is 13.9. The molecule has 0 radical (unpaired) electrons. The number of nitrogens with one attached hydrogen (secondary N) is 1. The maximum atomic E-state index is 13.5. The predicted molar refractivity (Wildman–Crippen MR) is 187 cm³/mol. The van der Waals surface area contributed by atoms with Crippen molar-refractivity contribution in [2.24, 2.45) is 5.92 Å². The van der Waals surface area contributed by atoms with Crippen LogP contribution in [-0.2, 0) is 20.8 Å². The van der Waals surface area contributed by atoms with Crippen LogP contribution in [0.1, 0.15) is 50.7 Å². The first-order valence-electron chi connectivity index (χ1n) is 16.0. The minimum Gasteiger partial charge on any atom is -0.493 e. The summed E-state index contributed by atoms with van der Waals surface area (Å²) in [5.74, 6) is 0.160. The Bertz CT molecular complexity index is 1730. The van der Waals surface area contributed by atoms with Gasteiger partial charge < -0.3 is 29.0 Å². The lowest BCUT2D eigenvalue weighted by atomic mass is 9.85. The van der Waals surface area contributed by atoms with E-state index in [4.69, 9.17) is 46.9 Å². The van der Waals surface area contributed by atoms with E-state index >= 15 is 0 Å². The number of methoxy groups -OCH3 is 2. The van der Waals surface area contributed by atoms with Crippen molar-refractivity contribution >= 4 is 46.5 Å². The summed E-state index contributed by atoms with van der Waals surface area (Å²) in [5, 5.41) is 3.71. The van der Waals surface area contributed by atoms with E-state index in [9.17, 15) is 9.59 Å². The van der Waals surface area contributed by atoms with Crippen LogP contribution in [0.3, 0.4) is 0 Å². The zero-order valence-corrected chi connectivity index (χ0v) is 29.4. The van der Waals surface area contributed by atoms with Gasteiger partial charge in [0.25, 0.3) is 6.29 Å². The third kappa shape index (κ3) is 8.48. The normalized spacial score (nSPS) is 19.5. The number of benzene rings is 2. The minimum atomic E-state index is -1.23. The van der Waals surface area contributed by atoms with Crippen LogP contribution in [-0.4, -0.2) is 68.3 Å². The minimum absolute atomic E-state index is 0.0653. The Balaban J connectivity index is 1.12. The van der Waals surface area contributed by atoms with Gasteiger partial charge in [0.2, 0.25) is 0 Å². The topological polar surface area (TPSA) is 108 Å². The number of carbonyl (C=O) groups is 2. The first-order chi connectivity index (χ1) is 23.8. The number of carbonyl (C=O) groups excluding carboxylic acids is 2. The van der Waals surface area contributed by atoms with Crippen LogP contribution in [0.5, 0.6) is 17.2 Å². The summed E-state index contributed by atoms with van der Waals surface area (Å²) in [6.45, 7) is 3.78. The number of esters is 2. The molecule has 3 fully saturated rings. The molecule has 13 heteroatoms. The lowest BCUT2D eigenvalue weighted by Crippen LogP contribution is -2.52. The highest BCUT2D eigenvalue weighted by Gasteiger charge is 2.38. The molecule has 0 aliphatic carbocycles. The number of aromatic nitrogens is 1. The van der Waals surface area contributed by atoms with E-state index in [0.29, 0.717) is 40.9 Å². The van der Waals surface area contributed by atoms with E-state index in [-0.39, 0.29) is 27.9 Å². The summed E-state index contributed by atoms with van der Waals surface area (Å²) in [7, 11) is 3.03. The number of thiophene rings is 1. The average molecular weight is 727 g/mol. The van der Waals surface area contributed by atoms with Gasteiger partial charge in [-0.05, 0) is 67.7 Å². The maximum absolute atomic E-state index is 13.5. The second-order valence-corrected chi connectivity index (χ2v) is 13.9. The Labute approximate surface area is 299 Å². The molecule has 49 heavy (non-hydrogen) atoms. The van der Waals surface area contributed by atoms with Gasteiger partial charge in [-0.25, -0.2) is 4.79 Å². The van der Waals surface area contributed by atoms with Gasteiger partial charge in [0.1, 0.15) is 21.0 Å². The highest BCUT2D eigenvalue weighted by atomic mass is 35.5. The Hall–Kier alpha value is -3.87. The molecule has 3 aliphatic heterocycles. The molecule has 5 heterocycles. The van der Waals surface area contributed by atoms with E-state index in [1.54, 1.807) is 24.3 Å². The highest BCUT2D eigenvalue weighted by molar-refractivity contribution is 7.13. The van der Waals surface area contributed by atoms with E-state index in [1.807, 2.05) is 36.4 Å². The van der Waals surface area contributed by atoms with Gasteiger partial charge in [-0.3, -0.25) is 14.7 Å². The van der Waals surface area contributed by atoms with Crippen molar-refractivity contribution in [1.82, 2.24) is 15.2 Å².